The molecule has 4 rings (SSSR count). The molecule has 1 aliphatic rings. The van der Waals surface area contributed by atoms with Crippen molar-refractivity contribution in [2.24, 2.45) is 4.99 Å². The van der Waals surface area contributed by atoms with Crippen molar-refractivity contribution in [2.45, 2.75) is 0 Å². The van der Waals surface area contributed by atoms with Crippen molar-refractivity contribution in [3.63, 3.8) is 0 Å². The van der Waals surface area contributed by atoms with E-state index in [0.29, 0.717) is 34.0 Å². The van der Waals surface area contributed by atoms with Gasteiger partial charge in [0.1, 0.15) is 18.0 Å². The Morgan fingerprint density at radius 2 is 1.71 bits per heavy atom. The molecule has 6 nitrogen and oxygen atoms in total. The Bertz CT molecular complexity index is 1230. The van der Waals surface area contributed by atoms with Crippen LogP contribution in [0.3, 0.4) is 0 Å². The van der Waals surface area contributed by atoms with E-state index in [1.807, 2.05) is 42.5 Å². The van der Waals surface area contributed by atoms with E-state index in [4.69, 9.17) is 9.47 Å². The van der Waals surface area contributed by atoms with E-state index in [9.17, 15) is 10.1 Å². The summed E-state index contributed by atoms with van der Waals surface area (Å²) in [6.07, 6.45) is 0. The van der Waals surface area contributed by atoms with E-state index in [-0.39, 0.29) is 12.5 Å². The lowest BCUT2D eigenvalue weighted by molar-refractivity contribution is -0.116. The summed E-state index contributed by atoms with van der Waals surface area (Å²) >= 11 is 0. The van der Waals surface area contributed by atoms with Gasteiger partial charge in [-0.1, -0.05) is 42.5 Å². The molecular formula is C25H21N3O3. The first-order valence-electron chi connectivity index (χ1n) is 9.75. The largest absolute Gasteiger partial charge is 0.496 e. The van der Waals surface area contributed by atoms with Gasteiger partial charge in [0.25, 0.3) is 0 Å². The molecule has 6 heteroatoms. The molecule has 0 spiro atoms. The van der Waals surface area contributed by atoms with Crippen molar-refractivity contribution < 1.29 is 14.3 Å². The van der Waals surface area contributed by atoms with Gasteiger partial charge in [-0.05, 0) is 17.7 Å². The van der Waals surface area contributed by atoms with Crippen LogP contribution in [0.25, 0.3) is 11.1 Å². The number of fused-ring (bicyclic) bond motifs is 1. The molecule has 0 saturated carbocycles. The number of hydrogen-bond acceptors (Lipinski definition) is 5. The summed E-state index contributed by atoms with van der Waals surface area (Å²) < 4.78 is 11.6. The zero-order valence-electron chi connectivity index (χ0n) is 17.5. The number of benzene rings is 3. The van der Waals surface area contributed by atoms with Gasteiger partial charge in [-0.25, -0.2) is 0 Å². The number of rotatable bonds is 4. The predicted octanol–water partition coefficient (Wildman–Crippen LogP) is 4.06. The first kappa shape index (κ1) is 20.2. The highest BCUT2D eigenvalue weighted by atomic mass is 16.5. The zero-order chi connectivity index (χ0) is 22.0. The lowest BCUT2D eigenvalue weighted by Crippen LogP contribution is -2.28. The maximum absolute atomic E-state index is 12.7. The number of hydrogen-bond donors (Lipinski definition) is 0. The quantitative estimate of drug-likeness (QED) is 0.649. The van der Waals surface area contributed by atoms with Gasteiger partial charge in [-0.2, -0.15) is 5.26 Å². The number of methoxy groups -OCH3 is 2. The van der Waals surface area contributed by atoms with Crippen LogP contribution in [0.1, 0.15) is 16.7 Å². The molecule has 0 fully saturated rings. The van der Waals surface area contributed by atoms with Gasteiger partial charge >= 0.3 is 0 Å². The lowest BCUT2D eigenvalue weighted by atomic mass is 9.92. The highest BCUT2D eigenvalue weighted by molar-refractivity contribution is 6.22. The molecular weight excluding hydrogens is 390 g/mol. The molecule has 154 valence electrons. The smallest absolute Gasteiger partial charge is 0.248 e. The molecule has 0 unspecified atom stereocenters. The second-order valence-electron chi connectivity index (χ2n) is 7.06. The number of ether oxygens (including phenoxy) is 2. The molecule has 1 amide bonds. The average Bonchev–Trinajstić information content (AvgIpc) is 2.95. The van der Waals surface area contributed by atoms with Crippen LogP contribution in [0, 0.1) is 11.3 Å². The number of amides is 1. The van der Waals surface area contributed by atoms with Gasteiger partial charge in [0.2, 0.25) is 5.91 Å². The van der Waals surface area contributed by atoms with Crippen LogP contribution in [0.5, 0.6) is 11.5 Å². The van der Waals surface area contributed by atoms with Gasteiger partial charge in [0, 0.05) is 18.7 Å². The van der Waals surface area contributed by atoms with E-state index in [1.54, 1.807) is 44.4 Å². The van der Waals surface area contributed by atoms with Crippen molar-refractivity contribution in [1.29, 1.82) is 5.26 Å². The summed E-state index contributed by atoms with van der Waals surface area (Å²) in [6.45, 7) is -0.0105. The lowest BCUT2D eigenvalue weighted by Gasteiger charge is -2.24. The second-order valence-corrected chi connectivity index (χ2v) is 7.06. The molecule has 31 heavy (non-hydrogen) atoms. The number of benzodiazepines with no additional fused rings is 1. The van der Waals surface area contributed by atoms with Gasteiger partial charge in [0.05, 0.1) is 48.4 Å². The molecule has 3 aromatic rings. The van der Waals surface area contributed by atoms with Crippen molar-refractivity contribution >= 4 is 17.3 Å². The van der Waals surface area contributed by atoms with E-state index in [0.717, 1.165) is 16.7 Å². The minimum absolute atomic E-state index is 0.0105. The average molecular weight is 411 g/mol. The second kappa shape index (κ2) is 8.33. The van der Waals surface area contributed by atoms with Gasteiger partial charge in [-0.3, -0.25) is 9.79 Å². The summed E-state index contributed by atoms with van der Waals surface area (Å²) in [4.78, 5) is 18.9. The summed E-state index contributed by atoms with van der Waals surface area (Å²) in [5, 5.41) is 9.36. The fourth-order valence-electron chi connectivity index (χ4n) is 3.80. The Balaban J connectivity index is 2.09. The molecule has 0 N–H and O–H groups in total. The SMILES string of the molecule is COc1cc2c(c(OC)c1-c1ccccc1)C(c1cccc(C#N)c1)=NCC(=O)N2C. The van der Waals surface area contributed by atoms with Crippen LogP contribution >= 0.6 is 0 Å². The molecule has 0 radical (unpaired) electrons. The summed E-state index contributed by atoms with van der Waals surface area (Å²) in [5.74, 6) is 1.00. The first-order valence-corrected chi connectivity index (χ1v) is 9.75. The molecule has 0 bridgehead atoms. The van der Waals surface area contributed by atoms with Crippen molar-refractivity contribution in [2.75, 3.05) is 32.7 Å². The van der Waals surface area contributed by atoms with Crippen LogP contribution in [-0.4, -0.2) is 39.4 Å². The van der Waals surface area contributed by atoms with Crippen molar-refractivity contribution in [3.05, 3.63) is 77.4 Å². The highest BCUT2D eigenvalue weighted by Crippen LogP contribution is 2.47. The predicted molar refractivity (Wildman–Crippen MR) is 120 cm³/mol. The Labute approximate surface area is 181 Å². The fraction of sp³-hybridized carbons (Fsp3) is 0.160. The fourth-order valence-corrected chi connectivity index (χ4v) is 3.80. The third-order valence-corrected chi connectivity index (χ3v) is 5.32. The maximum Gasteiger partial charge on any atom is 0.248 e. The monoisotopic (exact) mass is 411 g/mol. The van der Waals surface area contributed by atoms with E-state index in [2.05, 4.69) is 11.1 Å². The number of aliphatic imine (C=N–C) groups is 1. The third-order valence-electron chi connectivity index (χ3n) is 5.32. The Morgan fingerprint density at radius 3 is 2.39 bits per heavy atom. The molecule has 1 heterocycles. The molecule has 0 atom stereocenters. The van der Waals surface area contributed by atoms with Gasteiger partial charge in [0.15, 0.2) is 0 Å². The Kier molecular flexibility index (Phi) is 5.42. The van der Waals surface area contributed by atoms with Gasteiger partial charge < -0.3 is 14.4 Å². The normalized spacial score (nSPS) is 13.0. The number of anilines is 1. The minimum Gasteiger partial charge on any atom is -0.496 e. The number of nitriles is 1. The molecule has 0 saturated heterocycles. The maximum atomic E-state index is 12.7. The van der Waals surface area contributed by atoms with Crippen LogP contribution in [0.15, 0.2) is 65.7 Å². The molecule has 3 aromatic carbocycles. The minimum atomic E-state index is -0.149. The van der Waals surface area contributed by atoms with Crippen LogP contribution in [0.4, 0.5) is 5.69 Å². The highest BCUT2D eigenvalue weighted by Gasteiger charge is 2.30. The number of carbonyl (C=O) groups is 1. The first-order chi connectivity index (χ1) is 15.1. The standard InChI is InChI=1S/C25H21N3O3/c1-28-19-13-20(30-2)22(17-9-5-4-6-10-17)25(31-3)23(19)24(27-15-21(28)29)18-11-7-8-16(12-18)14-26/h4-13H,15H2,1-3H3. The van der Waals surface area contributed by atoms with Crippen LogP contribution in [0.2, 0.25) is 0 Å². The van der Waals surface area contributed by atoms with Crippen LogP contribution < -0.4 is 14.4 Å². The molecule has 0 aromatic heterocycles. The zero-order valence-corrected chi connectivity index (χ0v) is 17.5. The van der Waals surface area contributed by atoms with E-state index in [1.165, 1.54) is 0 Å². The van der Waals surface area contributed by atoms with E-state index >= 15 is 0 Å². The van der Waals surface area contributed by atoms with Crippen LogP contribution in [-0.2, 0) is 4.79 Å². The third kappa shape index (κ3) is 3.51. The number of nitrogens with zero attached hydrogens (tertiary/aromatic N) is 3. The summed E-state index contributed by atoms with van der Waals surface area (Å²) in [5.41, 5.74) is 4.87. The number of carbonyl (C=O) groups excluding carboxylic acids is 1. The number of likely N-dealkylation sites (N-methyl/N-ethyl adjacent to an activating group) is 1. The molecule has 0 aliphatic carbocycles. The molecule has 1 aliphatic heterocycles. The Morgan fingerprint density at radius 1 is 0.968 bits per heavy atom. The summed E-state index contributed by atoms with van der Waals surface area (Å²) in [6, 6.07) is 21.0. The van der Waals surface area contributed by atoms with Gasteiger partial charge in [-0.15, -0.1) is 0 Å². The van der Waals surface area contributed by atoms with Crippen molar-refractivity contribution in [3.8, 4) is 28.7 Å². The van der Waals surface area contributed by atoms with Crippen molar-refractivity contribution in [1.82, 2.24) is 0 Å². The topological polar surface area (TPSA) is 74.9 Å². The Hall–Kier alpha value is -4.11. The summed E-state index contributed by atoms with van der Waals surface area (Å²) in [7, 11) is 4.90. The van der Waals surface area contributed by atoms with E-state index < -0.39 is 0 Å².